The smallest absolute Gasteiger partial charge is 0.00269 e. The predicted octanol–water partition coefficient (Wildman–Crippen LogP) is 7.02. The second-order valence-electron chi connectivity index (χ2n) is 7.84. The summed E-state index contributed by atoms with van der Waals surface area (Å²) >= 11 is 0. The van der Waals surface area contributed by atoms with Gasteiger partial charge < -0.3 is 0 Å². The Balaban J connectivity index is 1.80. The second-order valence-corrected chi connectivity index (χ2v) is 7.84. The molecule has 136 valence electrons. The topological polar surface area (TPSA) is 0 Å². The standard InChI is InChI=1S/C28H24/c1-20-25-18-17-24(19-26(20)25)28(23-15-9-4-10-16-23)27(21-11-5-2-6-12-21)22-13-7-3-8-14-22/h2-20,25-26H,1H3. The van der Waals surface area contributed by atoms with Crippen molar-refractivity contribution in [1.82, 2.24) is 0 Å². The average Bonchev–Trinajstić information content (AvgIpc) is 3.42. The van der Waals surface area contributed by atoms with E-state index in [4.69, 9.17) is 0 Å². The first-order valence-corrected chi connectivity index (χ1v) is 10.1. The zero-order chi connectivity index (χ0) is 18.9. The van der Waals surface area contributed by atoms with Gasteiger partial charge in [0.05, 0.1) is 0 Å². The molecule has 0 N–H and O–H groups in total. The number of rotatable bonds is 4. The molecule has 0 bridgehead atoms. The molecular weight excluding hydrogens is 336 g/mol. The van der Waals surface area contributed by atoms with Crippen molar-refractivity contribution >= 4 is 11.1 Å². The van der Waals surface area contributed by atoms with E-state index in [2.05, 4.69) is 116 Å². The minimum absolute atomic E-state index is 0.687. The lowest BCUT2D eigenvalue weighted by Crippen LogP contribution is -1.99. The first-order chi connectivity index (χ1) is 13.8. The van der Waals surface area contributed by atoms with E-state index in [9.17, 15) is 0 Å². The number of hydrogen-bond donors (Lipinski definition) is 0. The largest absolute Gasteiger partial charge is 0.0799 e. The lowest BCUT2D eigenvalue weighted by atomic mass is 9.84. The fraction of sp³-hybridized carbons (Fsp3) is 0.143. The SMILES string of the molecule is CC1C2C=CC(C(=C(c3ccccc3)c3ccccc3)c3ccccc3)=CC12. The van der Waals surface area contributed by atoms with Gasteiger partial charge in [-0.05, 0) is 51.2 Å². The van der Waals surface area contributed by atoms with Gasteiger partial charge in [-0.15, -0.1) is 0 Å². The molecular formula is C28H24. The molecule has 0 saturated heterocycles. The number of fused-ring (bicyclic) bond motifs is 1. The van der Waals surface area contributed by atoms with Gasteiger partial charge in [-0.25, -0.2) is 0 Å². The molecule has 2 aliphatic carbocycles. The van der Waals surface area contributed by atoms with Crippen molar-refractivity contribution in [1.29, 1.82) is 0 Å². The first-order valence-electron chi connectivity index (χ1n) is 10.1. The Morgan fingerprint density at radius 2 is 1.04 bits per heavy atom. The van der Waals surface area contributed by atoms with Crippen molar-refractivity contribution in [3.8, 4) is 0 Å². The zero-order valence-electron chi connectivity index (χ0n) is 16.1. The Kier molecular flexibility index (Phi) is 4.33. The van der Waals surface area contributed by atoms with E-state index in [1.54, 1.807) is 0 Å². The minimum Gasteiger partial charge on any atom is -0.0799 e. The van der Waals surface area contributed by atoms with Crippen molar-refractivity contribution in [3.63, 3.8) is 0 Å². The third-order valence-corrected chi connectivity index (χ3v) is 6.11. The first kappa shape index (κ1) is 17.0. The number of allylic oxidation sites excluding steroid dienone is 5. The molecule has 0 nitrogen and oxygen atoms in total. The van der Waals surface area contributed by atoms with Gasteiger partial charge in [-0.1, -0.05) is 116 Å². The van der Waals surface area contributed by atoms with Crippen LogP contribution in [-0.2, 0) is 0 Å². The van der Waals surface area contributed by atoms with E-state index in [1.807, 2.05) is 0 Å². The van der Waals surface area contributed by atoms with Gasteiger partial charge in [0.15, 0.2) is 0 Å². The van der Waals surface area contributed by atoms with Crippen LogP contribution in [0.25, 0.3) is 11.1 Å². The molecule has 3 aromatic carbocycles. The predicted molar refractivity (Wildman–Crippen MR) is 119 cm³/mol. The molecule has 0 heteroatoms. The van der Waals surface area contributed by atoms with Gasteiger partial charge in [-0.2, -0.15) is 0 Å². The maximum Gasteiger partial charge on any atom is -0.00269 e. The molecule has 3 unspecified atom stereocenters. The molecule has 0 aromatic heterocycles. The van der Waals surface area contributed by atoms with E-state index in [0.29, 0.717) is 5.92 Å². The van der Waals surface area contributed by atoms with Crippen LogP contribution in [0.5, 0.6) is 0 Å². The van der Waals surface area contributed by atoms with E-state index in [1.165, 1.54) is 33.4 Å². The van der Waals surface area contributed by atoms with Crippen LogP contribution in [0.2, 0.25) is 0 Å². The molecule has 1 saturated carbocycles. The maximum atomic E-state index is 2.50. The molecule has 5 rings (SSSR count). The Morgan fingerprint density at radius 3 is 1.50 bits per heavy atom. The summed E-state index contributed by atoms with van der Waals surface area (Å²) in [4.78, 5) is 0. The Labute approximate surface area is 167 Å². The van der Waals surface area contributed by atoms with Gasteiger partial charge in [0.1, 0.15) is 0 Å². The minimum atomic E-state index is 0.687. The summed E-state index contributed by atoms with van der Waals surface area (Å²) in [6.07, 6.45) is 7.27. The highest BCUT2D eigenvalue weighted by molar-refractivity contribution is 6.05. The summed E-state index contributed by atoms with van der Waals surface area (Å²) in [5.41, 5.74) is 7.76. The van der Waals surface area contributed by atoms with E-state index < -0.39 is 0 Å². The van der Waals surface area contributed by atoms with Crippen molar-refractivity contribution < 1.29 is 0 Å². The fourth-order valence-corrected chi connectivity index (χ4v) is 4.46. The van der Waals surface area contributed by atoms with Crippen LogP contribution >= 0.6 is 0 Å². The monoisotopic (exact) mass is 360 g/mol. The molecule has 0 spiro atoms. The van der Waals surface area contributed by atoms with Crippen LogP contribution in [0.15, 0.2) is 115 Å². The van der Waals surface area contributed by atoms with Crippen LogP contribution in [0.1, 0.15) is 23.6 Å². The Hall–Kier alpha value is -3.12. The highest BCUT2D eigenvalue weighted by Gasteiger charge is 2.44. The summed E-state index contributed by atoms with van der Waals surface area (Å²) in [6, 6.07) is 32.4. The van der Waals surface area contributed by atoms with Gasteiger partial charge in [0.25, 0.3) is 0 Å². The third kappa shape index (κ3) is 3.05. The summed E-state index contributed by atoms with van der Waals surface area (Å²) < 4.78 is 0. The van der Waals surface area contributed by atoms with Crippen LogP contribution < -0.4 is 0 Å². The van der Waals surface area contributed by atoms with E-state index in [-0.39, 0.29) is 0 Å². The fourth-order valence-electron chi connectivity index (χ4n) is 4.46. The van der Waals surface area contributed by atoms with Crippen LogP contribution in [-0.4, -0.2) is 0 Å². The van der Waals surface area contributed by atoms with E-state index >= 15 is 0 Å². The summed E-state index contributed by atoms with van der Waals surface area (Å²) in [7, 11) is 0. The van der Waals surface area contributed by atoms with Crippen molar-refractivity contribution in [2.75, 3.05) is 0 Å². The van der Waals surface area contributed by atoms with Gasteiger partial charge in [0.2, 0.25) is 0 Å². The van der Waals surface area contributed by atoms with Crippen molar-refractivity contribution in [3.05, 3.63) is 131 Å². The molecule has 1 fully saturated rings. The zero-order valence-corrected chi connectivity index (χ0v) is 16.1. The highest BCUT2D eigenvalue weighted by Crippen LogP contribution is 2.52. The Bertz CT molecular complexity index is 1010. The molecule has 0 heterocycles. The highest BCUT2D eigenvalue weighted by atomic mass is 14.5. The van der Waals surface area contributed by atoms with Crippen LogP contribution in [0, 0.1) is 17.8 Å². The molecule has 3 atom stereocenters. The quantitative estimate of drug-likeness (QED) is 0.438. The summed E-state index contributed by atoms with van der Waals surface area (Å²) in [5, 5.41) is 0. The molecule has 0 amide bonds. The van der Waals surface area contributed by atoms with Crippen LogP contribution in [0.3, 0.4) is 0 Å². The summed E-state index contributed by atoms with van der Waals surface area (Å²) in [6.45, 7) is 2.36. The third-order valence-electron chi connectivity index (χ3n) is 6.11. The molecule has 28 heavy (non-hydrogen) atoms. The van der Waals surface area contributed by atoms with E-state index in [0.717, 1.165) is 11.8 Å². The number of hydrogen-bond acceptors (Lipinski definition) is 0. The summed E-state index contributed by atoms with van der Waals surface area (Å²) in [5.74, 6) is 2.19. The molecule has 3 aromatic rings. The van der Waals surface area contributed by atoms with Gasteiger partial charge >= 0.3 is 0 Å². The van der Waals surface area contributed by atoms with Gasteiger partial charge in [0, 0.05) is 0 Å². The molecule has 0 aliphatic heterocycles. The lowest BCUT2D eigenvalue weighted by molar-refractivity contribution is 0.884. The van der Waals surface area contributed by atoms with Crippen molar-refractivity contribution in [2.45, 2.75) is 6.92 Å². The normalized spacial score (nSPS) is 22.2. The Morgan fingerprint density at radius 1 is 0.571 bits per heavy atom. The molecule has 0 radical (unpaired) electrons. The second kappa shape index (κ2) is 7.13. The van der Waals surface area contributed by atoms with Gasteiger partial charge in [-0.3, -0.25) is 0 Å². The maximum absolute atomic E-state index is 2.50. The number of benzene rings is 3. The molecule has 2 aliphatic rings. The van der Waals surface area contributed by atoms with Crippen molar-refractivity contribution in [2.24, 2.45) is 17.8 Å². The average molecular weight is 361 g/mol. The lowest BCUT2D eigenvalue weighted by Gasteiger charge is -2.20. The van der Waals surface area contributed by atoms with Crippen LogP contribution in [0.4, 0.5) is 0 Å².